The Morgan fingerprint density at radius 1 is 0.516 bits per heavy atom. The maximum atomic E-state index is 13.4. The van der Waals surface area contributed by atoms with Crippen LogP contribution in [0.2, 0.25) is 0 Å². The standard InChI is InChI=1S/C28H31F3/c1-26(2,3)22-14-10-19(11-15-22)25(20-12-16-23(17-13-20)27(4,5)6)21-8-7-9-24(18-21)28(29,30)31/h7-18,25H,1-6H3. The van der Waals surface area contributed by atoms with E-state index in [1.807, 2.05) is 24.3 Å². The highest BCUT2D eigenvalue weighted by molar-refractivity contribution is 5.46. The van der Waals surface area contributed by atoms with E-state index in [1.54, 1.807) is 6.07 Å². The summed E-state index contributed by atoms with van der Waals surface area (Å²) in [6.45, 7) is 12.9. The van der Waals surface area contributed by atoms with Gasteiger partial charge < -0.3 is 0 Å². The molecule has 3 heteroatoms. The van der Waals surface area contributed by atoms with Gasteiger partial charge in [0, 0.05) is 5.92 Å². The zero-order chi connectivity index (χ0) is 23.0. The van der Waals surface area contributed by atoms with Crippen LogP contribution in [0, 0.1) is 0 Å². The molecule has 0 heterocycles. The van der Waals surface area contributed by atoms with Gasteiger partial charge in [0.15, 0.2) is 0 Å². The zero-order valence-corrected chi connectivity index (χ0v) is 19.1. The molecule has 3 aromatic rings. The number of hydrogen-bond acceptors (Lipinski definition) is 0. The minimum Gasteiger partial charge on any atom is -0.166 e. The Bertz CT molecular complexity index is 955. The van der Waals surface area contributed by atoms with Crippen molar-refractivity contribution in [3.8, 4) is 0 Å². The van der Waals surface area contributed by atoms with Crippen LogP contribution < -0.4 is 0 Å². The minimum atomic E-state index is -4.37. The lowest BCUT2D eigenvalue weighted by molar-refractivity contribution is -0.137. The van der Waals surface area contributed by atoms with Gasteiger partial charge in [0.2, 0.25) is 0 Å². The normalized spacial score (nSPS) is 13.0. The third-order valence-corrected chi connectivity index (χ3v) is 5.77. The van der Waals surface area contributed by atoms with Gasteiger partial charge >= 0.3 is 6.18 Å². The smallest absolute Gasteiger partial charge is 0.166 e. The molecule has 0 radical (unpaired) electrons. The van der Waals surface area contributed by atoms with E-state index in [2.05, 4.69) is 65.8 Å². The summed E-state index contributed by atoms with van der Waals surface area (Å²) in [5.41, 5.74) is 4.40. The summed E-state index contributed by atoms with van der Waals surface area (Å²) in [6, 6.07) is 22.2. The van der Waals surface area contributed by atoms with Crippen molar-refractivity contribution in [2.45, 2.75) is 64.5 Å². The van der Waals surface area contributed by atoms with Crippen LogP contribution in [-0.4, -0.2) is 0 Å². The van der Waals surface area contributed by atoms with Gasteiger partial charge in [-0.15, -0.1) is 0 Å². The van der Waals surface area contributed by atoms with Crippen LogP contribution in [0.15, 0.2) is 72.8 Å². The first-order valence-corrected chi connectivity index (χ1v) is 10.6. The predicted molar refractivity (Wildman–Crippen MR) is 123 cm³/mol. The van der Waals surface area contributed by atoms with Gasteiger partial charge in [-0.05, 0) is 44.7 Å². The first-order valence-electron chi connectivity index (χ1n) is 10.6. The van der Waals surface area contributed by atoms with Crippen LogP contribution in [0.1, 0.15) is 80.8 Å². The third-order valence-electron chi connectivity index (χ3n) is 5.77. The Hall–Kier alpha value is -2.55. The first kappa shape index (κ1) is 23.1. The molecule has 164 valence electrons. The maximum absolute atomic E-state index is 13.4. The van der Waals surface area contributed by atoms with E-state index in [9.17, 15) is 13.2 Å². The Morgan fingerprint density at radius 2 is 0.935 bits per heavy atom. The van der Waals surface area contributed by atoms with Gasteiger partial charge in [0.05, 0.1) is 5.56 Å². The van der Waals surface area contributed by atoms with Gasteiger partial charge in [0.25, 0.3) is 0 Å². The lowest BCUT2D eigenvalue weighted by Gasteiger charge is -2.24. The molecular weight excluding hydrogens is 393 g/mol. The fourth-order valence-electron chi connectivity index (χ4n) is 3.82. The Balaban J connectivity index is 2.13. The summed E-state index contributed by atoms with van der Waals surface area (Å²) in [5, 5.41) is 0. The quantitative estimate of drug-likeness (QED) is 0.370. The molecule has 0 bridgehead atoms. The fourth-order valence-corrected chi connectivity index (χ4v) is 3.82. The molecule has 0 amide bonds. The van der Waals surface area contributed by atoms with Crippen LogP contribution in [0.25, 0.3) is 0 Å². The summed E-state index contributed by atoms with van der Waals surface area (Å²) in [7, 11) is 0. The van der Waals surface area contributed by atoms with Crippen molar-refractivity contribution in [1.29, 1.82) is 0 Å². The fraction of sp³-hybridized carbons (Fsp3) is 0.357. The number of rotatable bonds is 3. The van der Waals surface area contributed by atoms with Crippen LogP contribution >= 0.6 is 0 Å². The van der Waals surface area contributed by atoms with Crippen LogP contribution in [0.5, 0.6) is 0 Å². The molecule has 0 aliphatic carbocycles. The minimum absolute atomic E-state index is 0.0125. The molecule has 0 fully saturated rings. The van der Waals surface area contributed by atoms with E-state index in [-0.39, 0.29) is 16.7 Å². The Labute approximate surface area is 184 Å². The summed E-state index contributed by atoms with van der Waals surface area (Å²) in [5.74, 6) is -0.273. The zero-order valence-electron chi connectivity index (χ0n) is 19.1. The number of benzene rings is 3. The lowest BCUT2D eigenvalue weighted by Crippen LogP contribution is -2.13. The molecule has 0 atom stereocenters. The van der Waals surface area contributed by atoms with Crippen molar-refractivity contribution >= 4 is 0 Å². The van der Waals surface area contributed by atoms with Crippen molar-refractivity contribution in [2.75, 3.05) is 0 Å². The van der Waals surface area contributed by atoms with Crippen LogP contribution in [0.4, 0.5) is 13.2 Å². The lowest BCUT2D eigenvalue weighted by atomic mass is 9.80. The van der Waals surface area contributed by atoms with Crippen LogP contribution in [-0.2, 0) is 17.0 Å². The summed E-state index contributed by atoms with van der Waals surface area (Å²) in [4.78, 5) is 0. The molecule has 3 aromatic carbocycles. The molecule has 0 spiro atoms. The average molecular weight is 425 g/mol. The molecule has 0 saturated heterocycles. The molecule has 0 saturated carbocycles. The molecule has 0 aromatic heterocycles. The third kappa shape index (κ3) is 5.39. The van der Waals surface area contributed by atoms with Gasteiger partial charge in [-0.1, -0.05) is 108 Å². The highest BCUT2D eigenvalue weighted by Gasteiger charge is 2.31. The highest BCUT2D eigenvalue weighted by atomic mass is 19.4. The Morgan fingerprint density at radius 3 is 1.29 bits per heavy atom. The molecule has 0 aliphatic rings. The summed E-state index contributed by atoms with van der Waals surface area (Å²) < 4.78 is 40.2. The summed E-state index contributed by atoms with van der Waals surface area (Å²) in [6.07, 6.45) is -4.37. The maximum Gasteiger partial charge on any atom is 0.416 e. The average Bonchev–Trinajstić information content (AvgIpc) is 2.67. The Kier molecular flexibility index (Phi) is 6.10. The van der Waals surface area contributed by atoms with Gasteiger partial charge in [0.1, 0.15) is 0 Å². The van der Waals surface area contributed by atoms with Crippen molar-refractivity contribution in [3.63, 3.8) is 0 Å². The molecule has 0 N–H and O–H groups in total. The topological polar surface area (TPSA) is 0 Å². The van der Waals surface area contributed by atoms with E-state index >= 15 is 0 Å². The second-order valence-corrected chi connectivity index (χ2v) is 10.3. The van der Waals surface area contributed by atoms with Gasteiger partial charge in [-0.2, -0.15) is 13.2 Å². The molecule has 0 aliphatic heterocycles. The van der Waals surface area contributed by atoms with Crippen molar-refractivity contribution in [1.82, 2.24) is 0 Å². The SMILES string of the molecule is CC(C)(C)c1ccc(C(c2ccc(C(C)(C)C)cc2)c2cccc(C(F)(F)F)c2)cc1. The van der Waals surface area contributed by atoms with Gasteiger partial charge in [-0.25, -0.2) is 0 Å². The van der Waals surface area contributed by atoms with Crippen LogP contribution in [0.3, 0.4) is 0 Å². The second-order valence-electron chi connectivity index (χ2n) is 10.3. The van der Waals surface area contributed by atoms with Crippen molar-refractivity contribution in [2.24, 2.45) is 0 Å². The predicted octanol–water partition coefficient (Wildman–Crippen LogP) is 8.48. The van der Waals surface area contributed by atoms with E-state index in [0.717, 1.165) is 17.2 Å². The van der Waals surface area contributed by atoms with E-state index in [0.29, 0.717) is 5.56 Å². The monoisotopic (exact) mass is 424 g/mol. The number of hydrogen-bond donors (Lipinski definition) is 0. The van der Waals surface area contributed by atoms with Crippen molar-refractivity contribution < 1.29 is 13.2 Å². The van der Waals surface area contributed by atoms with E-state index in [4.69, 9.17) is 0 Å². The number of alkyl halides is 3. The largest absolute Gasteiger partial charge is 0.416 e. The molecule has 31 heavy (non-hydrogen) atoms. The summed E-state index contributed by atoms with van der Waals surface area (Å²) >= 11 is 0. The molecule has 0 nitrogen and oxygen atoms in total. The van der Waals surface area contributed by atoms with Gasteiger partial charge in [-0.3, -0.25) is 0 Å². The van der Waals surface area contributed by atoms with E-state index < -0.39 is 11.7 Å². The second kappa shape index (κ2) is 8.18. The molecule has 3 rings (SSSR count). The molecule has 0 unspecified atom stereocenters. The highest BCUT2D eigenvalue weighted by Crippen LogP contribution is 2.37. The van der Waals surface area contributed by atoms with Crippen molar-refractivity contribution in [3.05, 3.63) is 106 Å². The first-order chi connectivity index (χ1) is 14.3. The molecular formula is C28H31F3. The number of halogens is 3. The van der Waals surface area contributed by atoms with E-state index in [1.165, 1.54) is 23.3 Å².